The lowest BCUT2D eigenvalue weighted by molar-refractivity contribution is -0.146. The van der Waals surface area contributed by atoms with Crippen LogP contribution in [0.25, 0.3) is 0 Å². The summed E-state index contributed by atoms with van der Waals surface area (Å²) in [6, 6.07) is 6.18. The van der Waals surface area contributed by atoms with E-state index < -0.39 is 18.5 Å². The second-order valence-corrected chi connectivity index (χ2v) is 8.15. The maximum absolute atomic E-state index is 13.3. The summed E-state index contributed by atoms with van der Waals surface area (Å²) >= 11 is 0. The van der Waals surface area contributed by atoms with E-state index in [2.05, 4.69) is 5.43 Å². The summed E-state index contributed by atoms with van der Waals surface area (Å²) in [6.07, 6.45) is -0.0346. The molecule has 1 aromatic carbocycles. The standard InChI is InChI=1S/C23H25F4N3O/c1-3-29(11-10-23(25,26)27)22(31)18-9-4-15-12-20-19(14(2)21(15)18)13-28-30(20)17-7-5-16(24)6-8-17/h5-8,12-14,18,28H,3-4,9-11H2,1-2H3/t14-,18-/m0/s1. The van der Waals surface area contributed by atoms with E-state index in [9.17, 15) is 22.4 Å². The molecular weight excluding hydrogens is 410 g/mol. The van der Waals surface area contributed by atoms with E-state index in [1.54, 1.807) is 19.1 Å². The predicted octanol–water partition coefficient (Wildman–Crippen LogP) is 5.08. The molecule has 0 fully saturated rings. The van der Waals surface area contributed by atoms with Gasteiger partial charge in [-0.1, -0.05) is 6.92 Å². The molecule has 1 heterocycles. The van der Waals surface area contributed by atoms with E-state index in [0.29, 0.717) is 12.8 Å². The molecule has 0 spiro atoms. The fourth-order valence-corrected chi connectivity index (χ4v) is 4.76. The molecule has 0 aromatic heterocycles. The maximum Gasteiger partial charge on any atom is 0.390 e. The molecule has 0 radical (unpaired) electrons. The van der Waals surface area contributed by atoms with Gasteiger partial charge in [-0.25, -0.2) is 4.39 Å². The zero-order valence-corrected chi connectivity index (χ0v) is 17.5. The molecule has 4 nitrogen and oxygen atoms in total. The third-order valence-corrected chi connectivity index (χ3v) is 6.32. The summed E-state index contributed by atoms with van der Waals surface area (Å²) in [6.45, 7) is 3.69. The number of carbonyl (C=O) groups excluding carboxylic acids is 1. The lowest BCUT2D eigenvalue weighted by Crippen LogP contribution is -2.39. The van der Waals surface area contributed by atoms with Gasteiger partial charge in [-0.15, -0.1) is 0 Å². The first kappa shape index (κ1) is 21.5. The number of hydrogen-bond acceptors (Lipinski definition) is 3. The molecule has 0 bridgehead atoms. The van der Waals surface area contributed by atoms with Crippen molar-refractivity contribution in [1.29, 1.82) is 0 Å². The minimum atomic E-state index is -4.28. The van der Waals surface area contributed by atoms with E-state index >= 15 is 0 Å². The van der Waals surface area contributed by atoms with Crippen LogP contribution in [0.15, 0.2) is 59.0 Å². The van der Waals surface area contributed by atoms with Gasteiger partial charge in [0.15, 0.2) is 0 Å². The van der Waals surface area contributed by atoms with Gasteiger partial charge in [-0.2, -0.15) is 13.2 Å². The largest absolute Gasteiger partial charge is 0.390 e. The Balaban J connectivity index is 1.58. The number of hydrazine groups is 1. The number of alkyl halides is 3. The Morgan fingerprint density at radius 3 is 2.61 bits per heavy atom. The van der Waals surface area contributed by atoms with E-state index in [-0.39, 0.29) is 30.7 Å². The molecule has 1 aromatic rings. The molecule has 1 amide bonds. The fraction of sp³-hybridized carbons (Fsp3) is 0.435. The van der Waals surface area contributed by atoms with Gasteiger partial charge in [-0.3, -0.25) is 9.80 Å². The van der Waals surface area contributed by atoms with E-state index in [1.165, 1.54) is 17.0 Å². The van der Waals surface area contributed by atoms with Gasteiger partial charge in [0.2, 0.25) is 5.91 Å². The number of allylic oxidation sites excluding steroid dienone is 3. The molecule has 8 heteroatoms. The van der Waals surface area contributed by atoms with Gasteiger partial charge in [0, 0.05) is 30.8 Å². The van der Waals surface area contributed by atoms with Gasteiger partial charge < -0.3 is 10.3 Å². The van der Waals surface area contributed by atoms with Crippen molar-refractivity contribution in [3.8, 4) is 0 Å². The van der Waals surface area contributed by atoms with Crippen molar-refractivity contribution in [3.63, 3.8) is 0 Å². The summed E-state index contributed by atoms with van der Waals surface area (Å²) < 4.78 is 51.3. The number of rotatable bonds is 5. The van der Waals surface area contributed by atoms with Crippen LogP contribution in [0.2, 0.25) is 0 Å². The van der Waals surface area contributed by atoms with E-state index in [0.717, 1.165) is 28.1 Å². The number of carbonyl (C=O) groups is 1. The lowest BCUT2D eigenvalue weighted by atomic mass is 9.80. The quantitative estimate of drug-likeness (QED) is 0.656. The number of halogens is 4. The number of benzene rings is 1. The first-order valence-electron chi connectivity index (χ1n) is 10.5. The second-order valence-electron chi connectivity index (χ2n) is 8.15. The molecule has 0 saturated carbocycles. The first-order chi connectivity index (χ1) is 14.7. The Bertz CT molecular complexity index is 962. The van der Waals surface area contributed by atoms with Crippen molar-refractivity contribution in [3.05, 3.63) is 64.8 Å². The smallest absolute Gasteiger partial charge is 0.342 e. The van der Waals surface area contributed by atoms with Crippen LogP contribution in [0.3, 0.4) is 0 Å². The zero-order valence-electron chi connectivity index (χ0n) is 17.5. The molecule has 31 heavy (non-hydrogen) atoms. The van der Waals surface area contributed by atoms with Crippen molar-refractivity contribution >= 4 is 11.6 Å². The Kier molecular flexibility index (Phi) is 5.58. The average molecular weight is 435 g/mol. The maximum atomic E-state index is 13.3. The lowest BCUT2D eigenvalue weighted by Gasteiger charge is -2.31. The number of fused-ring (bicyclic) bond motifs is 1. The van der Waals surface area contributed by atoms with E-state index in [4.69, 9.17) is 0 Å². The SMILES string of the molecule is CCN(CCC(F)(F)F)C(=O)[C@H]1CCC2=C1[C@@H](C)C1=CNN(c3ccc(F)cc3)C1=C2. The average Bonchev–Trinajstić information content (AvgIpc) is 3.33. The molecule has 3 aliphatic rings. The third-order valence-electron chi connectivity index (χ3n) is 6.32. The Hall–Kier alpha value is -2.77. The topological polar surface area (TPSA) is 35.6 Å². The first-order valence-corrected chi connectivity index (χ1v) is 10.5. The number of amides is 1. The highest BCUT2D eigenvalue weighted by Crippen LogP contribution is 2.48. The highest BCUT2D eigenvalue weighted by Gasteiger charge is 2.42. The van der Waals surface area contributed by atoms with Gasteiger partial charge >= 0.3 is 6.18 Å². The molecular formula is C23H25F4N3O. The predicted molar refractivity (Wildman–Crippen MR) is 110 cm³/mol. The van der Waals surface area contributed by atoms with Crippen LogP contribution in [0, 0.1) is 17.7 Å². The van der Waals surface area contributed by atoms with Crippen LogP contribution in [0.5, 0.6) is 0 Å². The highest BCUT2D eigenvalue weighted by atomic mass is 19.4. The van der Waals surface area contributed by atoms with Crippen LogP contribution < -0.4 is 10.4 Å². The van der Waals surface area contributed by atoms with Crippen molar-refractivity contribution in [2.24, 2.45) is 11.8 Å². The van der Waals surface area contributed by atoms with Crippen LogP contribution in [-0.2, 0) is 4.79 Å². The molecule has 0 unspecified atom stereocenters. The summed E-state index contributed by atoms with van der Waals surface area (Å²) in [4.78, 5) is 14.5. The highest BCUT2D eigenvalue weighted by molar-refractivity contribution is 5.84. The number of nitrogens with zero attached hydrogens (tertiary/aromatic N) is 2. The number of hydrogen-bond donors (Lipinski definition) is 1. The summed E-state index contributed by atoms with van der Waals surface area (Å²) in [5.74, 6) is -0.958. The fourth-order valence-electron chi connectivity index (χ4n) is 4.76. The van der Waals surface area contributed by atoms with Gasteiger partial charge in [0.25, 0.3) is 0 Å². The molecule has 1 N–H and O–H groups in total. The molecule has 2 aliphatic carbocycles. The minimum absolute atomic E-state index is 0.0364. The molecule has 0 saturated heterocycles. The number of anilines is 1. The van der Waals surface area contributed by atoms with Gasteiger partial charge in [-0.05, 0) is 61.3 Å². The Morgan fingerprint density at radius 1 is 1.26 bits per heavy atom. The van der Waals surface area contributed by atoms with E-state index in [1.807, 2.05) is 24.2 Å². The van der Waals surface area contributed by atoms with Crippen molar-refractivity contribution in [1.82, 2.24) is 10.3 Å². The van der Waals surface area contributed by atoms with Crippen molar-refractivity contribution in [2.45, 2.75) is 39.3 Å². The van der Waals surface area contributed by atoms with Crippen LogP contribution >= 0.6 is 0 Å². The van der Waals surface area contributed by atoms with Crippen molar-refractivity contribution < 1.29 is 22.4 Å². The second kappa shape index (κ2) is 8.05. The molecule has 1 aliphatic heterocycles. The Morgan fingerprint density at radius 2 is 1.97 bits per heavy atom. The summed E-state index contributed by atoms with van der Waals surface area (Å²) in [5, 5.41) is 1.88. The normalized spacial score (nSPS) is 22.6. The van der Waals surface area contributed by atoms with Gasteiger partial charge in [0.1, 0.15) is 5.82 Å². The Labute approximate surface area is 178 Å². The molecule has 166 valence electrons. The van der Waals surface area contributed by atoms with Crippen molar-refractivity contribution in [2.75, 3.05) is 18.1 Å². The third kappa shape index (κ3) is 4.07. The molecule has 2 atom stereocenters. The van der Waals surface area contributed by atoms with Crippen LogP contribution in [-0.4, -0.2) is 30.1 Å². The monoisotopic (exact) mass is 435 g/mol. The number of nitrogens with one attached hydrogen (secondary N) is 1. The van der Waals surface area contributed by atoms with Crippen LogP contribution in [0.1, 0.15) is 33.1 Å². The van der Waals surface area contributed by atoms with Crippen LogP contribution in [0.4, 0.5) is 23.2 Å². The summed E-state index contributed by atoms with van der Waals surface area (Å²) in [7, 11) is 0. The minimum Gasteiger partial charge on any atom is -0.342 e. The summed E-state index contributed by atoms with van der Waals surface area (Å²) in [5.41, 5.74) is 8.05. The zero-order chi connectivity index (χ0) is 22.3. The molecule has 4 rings (SSSR count). The van der Waals surface area contributed by atoms with Gasteiger partial charge in [0.05, 0.1) is 23.7 Å².